The highest BCUT2D eigenvalue weighted by Gasteiger charge is 2.37. The highest BCUT2D eigenvalue weighted by atomic mass is 16.5. The minimum Gasteiger partial charge on any atom is -0.385 e. The molecule has 1 heterocycles. The number of unbranched alkanes of at least 4 members (excludes halogenated alkanes) is 1. The van der Waals surface area contributed by atoms with Gasteiger partial charge in [-0.05, 0) is 18.4 Å². The third kappa shape index (κ3) is 4.07. The molecule has 0 radical (unpaired) electrons. The number of piperazine rings is 1. The van der Waals surface area contributed by atoms with Gasteiger partial charge in [-0.15, -0.1) is 0 Å². The van der Waals surface area contributed by atoms with Gasteiger partial charge in [-0.1, -0.05) is 30.3 Å². The molecule has 0 bridgehead atoms. The molecule has 5 nitrogen and oxygen atoms in total. The zero-order valence-electron chi connectivity index (χ0n) is 13.3. The summed E-state index contributed by atoms with van der Waals surface area (Å²) in [5, 5.41) is 0. The molecule has 0 aromatic heterocycles. The van der Waals surface area contributed by atoms with Crippen LogP contribution in [0.15, 0.2) is 30.3 Å². The third-order valence-electron chi connectivity index (χ3n) is 4.00. The maximum absolute atomic E-state index is 12.5. The number of hydrogen-bond donors (Lipinski definition) is 0. The molecule has 0 aliphatic carbocycles. The molecule has 2 rings (SSSR count). The standard InChI is InChI=1S/C17H24N2O3/c1-18-13-16(20)19(10-6-7-11-22-2)15(17(18)21)12-14-8-4-3-5-9-14/h3-5,8-9,15H,6-7,10-13H2,1-2H3/t15-/m0/s1. The van der Waals surface area contributed by atoms with Gasteiger partial charge in [0.2, 0.25) is 11.8 Å². The first-order chi connectivity index (χ1) is 10.6. The molecule has 22 heavy (non-hydrogen) atoms. The van der Waals surface area contributed by atoms with Crippen molar-refractivity contribution in [3.8, 4) is 0 Å². The van der Waals surface area contributed by atoms with Crippen molar-refractivity contribution < 1.29 is 14.3 Å². The number of likely N-dealkylation sites (N-methyl/N-ethyl adjacent to an activating group) is 1. The molecule has 1 atom stereocenters. The van der Waals surface area contributed by atoms with Crippen molar-refractivity contribution in [1.82, 2.24) is 9.80 Å². The number of ether oxygens (including phenoxy) is 1. The molecule has 120 valence electrons. The molecule has 1 aliphatic heterocycles. The summed E-state index contributed by atoms with van der Waals surface area (Å²) < 4.78 is 5.04. The van der Waals surface area contributed by atoms with Gasteiger partial charge in [0.25, 0.3) is 0 Å². The third-order valence-corrected chi connectivity index (χ3v) is 4.00. The number of rotatable bonds is 7. The second kappa shape index (κ2) is 7.94. The number of methoxy groups -OCH3 is 1. The molecule has 1 fully saturated rings. The zero-order valence-corrected chi connectivity index (χ0v) is 13.3. The molecular weight excluding hydrogens is 280 g/mol. The lowest BCUT2D eigenvalue weighted by Gasteiger charge is -2.39. The van der Waals surface area contributed by atoms with Gasteiger partial charge in [0.15, 0.2) is 0 Å². The first-order valence-corrected chi connectivity index (χ1v) is 7.70. The average molecular weight is 304 g/mol. The maximum atomic E-state index is 12.5. The summed E-state index contributed by atoms with van der Waals surface area (Å²) in [5.74, 6) is 0.0515. The van der Waals surface area contributed by atoms with Crippen LogP contribution in [0.3, 0.4) is 0 Å². The predicted octanol–water partition coefficient (Wildman–Crippen LogP) is 1.32. The van der Waals surface area contributed by atoms with Crippen molar-refractivity contribution in [2.75, 3.05) is 33.9 Å². The second-order valence-corrected chi connectivity index (χ2v) is 5.69. The fourth-order valence-corrected chi connectivity index (χ4v) is 2.78. The molecule has 0 N–H and O–H groups in total. The maximum Gasteiger partial charge on any atom is 0.245 e. The molecule has 0 spiro atoms. The van der Waals surface area contributed by atoms with E-state index in [4.69, 9.17) is 4.74 Å². The van der Waals surface area contributed by atoms with E-state index in [9.17, 15) is 9.59 Å². The van der Waals surface area contributed by atoms with Crippen LogP contribution in [-0.4, -0.2) is 61.5 Å². The van der Waals surface area contributed by atoms with Crippen molar-refractivity contribution in [2.24, 2.45) is 0 Å². The van der Waals surface area contributed by atoms with E-state index in [1.165, 1.54) is 4.90 Å². The van der Waals surface area contributed by atoms with E-state index in [1.54, 1.807) is 19.1 Å². The van der Waals surface area contributed by atoms with E-state index >= 15 is 0 Å². The van der Waals surface area contributed by atoms with Crippen molar-refractivity contribution in [1.29, 1.82) is 0 Å². The summed E-state index contributed by atoms with van der Waals surface area (Å²) in [6, 6.07) is 9.46. The summed E-state index contributed by atoms with van der Waals surface area (Å²) in [6.07, 6.45) is 2.31. The van der Waals surface area contributed by atoms with Crippen LogP contribution in [0, 0.1) is 0 Å². The smallest absolute Gasteiger partial charge is 0.245 e. The van der Waals surface area contributed by atoms with Crippen LogP contribution in [0.2, 0.25) is 0 Å². The quantitative estimate of drug-likeness (QED) is 0.714. The van der Waals surface area contributed by atoms with Crippen LogP contribution in [0.1, 0.15) is 18.4 Å². The van der Waals surface area contributed by atoms with E-state index < -0.39 is 6.04 Å². The van der Waals surface area contributed by atoms with Crippen molar-refractivity contribution in [3.63, 3.8) is 0 Å². The monoisotopic (exact) mass is 304 g/mol. The summed E-state index contributed by atoms with van der Waals surface area (Å²) >= 11 is 0. The van der Waals surface area contributed by atoms with Crippen LogP contribution < -0.4 is 0 Å². The summed E-state index contributed by atoms with van der Waals surface area (Å²) in [6.45, 7) is 1.47. The summed E-state index contributed by atoms with van der Waals surface area (Å²) in [4.78, 5) is 28.1. The SMILES string of the molecule is COCCCCN1C(=O)CN(C)C(=O)[C@@H]1Cc1ccccc1. The molecule has 1 saturated heterocycles. The van der Waals surface area contributed by atoms with Crippen LogP contribution in [0.5, 0.6) is 0 Å². The predicted molar refractivity (Wildman–Crippen MR) is 84.4 cm³/mol. The highest BCUT2D eigenvalue weighted by molar-refractivity contribution is 5.94. The van der Waals surface area contributed by atoms with Crippen molar-refractivity contribution >= 4 is 11.8 Å². The Balaban J connectivity index is 2.07. The number of nitrogens with zero attached hydrogens (tertiary/aromatic N) is 2. The van der Waals surface area contributed by atoms with Crippen LogP contribution in [-0.2, 0) is 20.7 Å². The fourth-order valence-electron chi connectivity index (χ4n) is 2.78. The first-order valence-electron chi connectivity index (χ1n) is 7.70. The van der Waals surface area contributed by atoms with Crippen LogP contribution >= 0.6 is 0 Å². The lowest BCUT2D eigenvalue weighted by molar-refractivity contribution is -0.154. The van der Waals surface area contributed by atoms with Gasteiger partial charge in [0.05, 0.1) is 6.54 Å². The number of carbonyl (C=O) groups is 2. The van der Waals surface area contributed by atoms with Crippen molar-refractivity contribution in [2.45, 2.75) is 25.3 Å². The Hall–Kier alpha value is -1.88. The number of benzene rings is 1. The Morgan fingerprint density at radius 2 is 1.91 bits per heavy atom. The van der Waals surface area contributed by atoms with Gasteiger partial charge in [-0.25, -0.2) is 0 Å². The fraction of sp³-hybridized carbons (Fsp3) is 0.529. The first kappa shape index (κ1) is 16.5. The lowest BCUT2D eigenvalue weighted by atomic mass is 10.0. The molecule has 0 saturated carbocycles. The highest BCUT2D eigenvalue weighted by Crippen LogP contribution is 2.17. The summed E-state index contributed by atoms with van der Waals surface area (Å²) in [5.41, 5.74) is 1.07. The Morgan fingerprint density at radius 3 is 2.59 bits per heavy atom. The molecule has 1 aromatic rings. The van der Waals surface area contributed by atoms with E-state index in [-0.39, 0.29) is 18.4 Å². The Bertz CT molecular complexity index is 504. The Kier molecular flexibility index (Phi) is 5.95. The van der Waals surface area contributed by atoms with E-state index in [0.29, 0.717) is 19.6 Å². The lowest BCUT2D eigenvalue weighted by Crippen LogP contribution is -2.59. The molecule has 1 aliphatic rings. The average Bonchev–Trinajstić information content (AvgIpc) is 2.52. The van der Waals surface area contributed by atoms with E-state index in [1.807, 2.05) is 30.3 Å². The molecular formula is C17H24N2O3. The molecule has 5 heteroatoms. The molecule has 2 amide bonds. The number of carbonyl (C=O) groups excluding carboxylic acids is 2. The largest absolute Gasteiger partial charge is 0.385 e. The normalized spacial score (nSPS) is 18.9. The van der Waals surface area contributed by atoms with Gasteiger partial charge in [-0.2, -0.15) is 0 Å². The van der Waals surface area contributed by atoms with Gasteiger partial charge < -0.3 is 14.5 Å². The van der Waals surface area contributed by atoms with Gasteiger partial charge >= 0.3 is 0 Å². The van der Waals surface area contributed by atoms with Gasteiger partial charge in [0, 0.05) is 33.7 Å². The van der Waals surface area contributed by atoms with Crippen LogP contribution in [0.4, 0.5) is 0 Å². The van der Waals surface area contributed by atoms with Gasteiger partial charge in [-0.3, -0.25) is 9.59 Å². The second-order valence-electron chi connectivity index (χ2n) is 5.69. The number of amides is 2. The molecule has 1 aromatic carbocycles. The minimum atomic E-state index is -0.392. The Labute approximate surface area is 131 Å². The van der Waals surface area contributed by atoms with Gasteiger partial charge in [0.1, 0.15) is 6.04 Å². The van der Waals surface area contributed by atoms with Crippen molar-refractivity contribution in [3.05, 3.63) is 35.9 Å². The number of hydrogen-bond acceptors (Lipinski definition) is 3. The van der Waals surface area contributed by atoms with E-state index in [2.05, 4.69) is 0 Å². The zero-order chi connectivity index (χ0) is 15.9. The summed E-state index contributed by atoms with van der Waals surface area (Å²) in [7, 11) is 3.36. The van der Waals surface area contributed by atoms with Crippen LogP contribution in [0.25, 0.3) is 0 Å². The molecule has 0 unspecified atom stereocenters. The Morgan fingerprint density at radius 1 is 1.18 bits per heavy atom. The topological polar surface area (TPSA) is 49.9 Å². The van der Waals surface area contributed by atoms with E-state index in [0.717, 1.165) is 18.4 Å². The minimum absolute atomic E-state index is 0.0233.